The van der Waals surface area contributed by atoms with Crippen molar-refractivity contribution in [3.05, 3.63) is 34.9 Å². The van der Waals surface area contributed by atoms with E-state index < -0.39 is 11.7 Å². The molecule has 1 aromatic rings. The topological polar surface area (TPSA) is 6.48 Å². The van der Waals surface area contributed by atoms with Crippen LogP contribution in [-0.2, 0) is 12.6 Å². The van der Waals surface area contributed by atoms with E-state index in [0.717, 1.165) is 37.9 Å². The lowest BCUT2D eigenvalue weighted by Gasteiger charge is -2.51. The Morgan fingerprint density at radius 1 is 1.15 bits per heavy atom. The summed E-state index contributed by atoms with van der Waals surface area (Å²) in [5, 5.41) is 0. The Morgan fingerprint density at radius 3 is 2.35 bits per heavy atom. The van der Waals surface area contributed by atoms with E-state index in [-0.39, 0.29) is 11.1 Å². The quantitative estimate of drug-likeness (QED) is 0.724. The Labute approximate surface area is 156 Å². The van der Waals surface area contributed by atoms with Gasteiger partial charge in [-0.25, -0.2) is 0 Å². The zero-order chi connectivity index (χ0) is 19.8. The van der Waals surface area contributed by atoms with Crippen molar-refractivity contribution < 1.29 is 13.2 Å². The zero-order valence-electron chi connectivity index (χ0n) is 17.0. The van der Waals surface area contributed by atoms with Crippen LogP contribution < -0.4 is 0 Å². The van der Waals surface area contributed by atoms with Crippen molar-refractivity contribution in [1.29, 1.82) is 0 Å². The molecular formula is C21H33F3N2. The van der Waals surface area contributed by atoms with Crippen molar-refractivity contribution in [2.24, 2.45) is 0 Å². The molecule has 1 fully saturated rings. The van der Waals surface area contributed by atoms with Crippen molar-refractivity contribution >= 4 is 0 Å². The standard InChI is InChI=1S/C21H33F3N2/c1-16-8-9-17(14-18(16)21(22,23)24)10-12-20(25(5)6)11-7-13-26(15-20)19(2,3)4/h8-9,14H,7,10-13,15H2,1-6H3/t20-/m1/s1. The van der Waals surface area contributed by atoms with Crippen molar-refractivity contribution in [1.82, 2.24) is 9.80 Å². The van der Waals surface area contributed by atoms with Gasteiger partial charge in [-0.1, -0.05) is 12.1 Å². The monoisotopic (exact) mass is 370 g/mol. The predicted octanol–water partition coefficient (Wildman–Crippen LogP) is 5.14. The summed E-state index contributed by atoms with van der Waals surface area (Å²) >= 11 is 0. The molecule has 26 heavy (non-hydrogen) atoms. The molecule has 0 unspecified atom stereocenters. The van der Waals surface area contributed by atoms with E-state index in [9.17, 15) is 13.2 Å². The Hall–Kier alpha value is -1.07. The molecule has 0 bridgehead atoms. The number of likely N-dealkylation sites (tertiary alicyclic amines) is 1. The molecule has 0 spiro atoms. The van der Waals surface area contributed by atoms with Crippen LogP contribution in [0.2, 0.25) is 0 Å². The molecule has 0 amide bonds. The molecule has 2 rings (SSSR count). The smallest absolute Gasteiger partial charge is 0.302 e. The molecule has 1 aromatic carbocycles. The van der Waals surface area contributed by atoms with Gasteiger partial charge in [0.05, 0.1) is 5.56 Å². The fourth-order valence-corrected chi connectivity index (χ4v) is 3.98. The molecule has 1 heterocycles. The van der Waals surface area contributed by atoms with Crippen LogP contribution in [-0.4, -0.2) is 48.1 Å². The van der Waals surface area contributed by atoms with E-state index in [2.05, 4.69) is 44.7 Å². The summed E-state index contributed by atoms with van der Waals surface area (Å²) in [6.07, 6.45) is -0.540. The van der Waals surface area contributed by atoms with E-state index in [0.29, 0.717) is 12.0 Å². The molecule has 1 aliphatic heterocycles. The Kier molecular flexibility index (Phi) is 6.13. The molecule has 0 aromatic heterocycles. The van der Waals surface area contributed by atoms with E-state index in [1.54, 1.807) is 6.07 Å². The van der Waals surface area contributed by atoms with Gasteiger partial charge >= 0.3 is 6.18 Å². The fourth-order valence-electron chi connectivity index (χ4n) is 3.98. The third kappa shape index (κ3) is 4.80. The maximum absolute atomic E-state index is 13.2. The van der Waals surface area contributed by atoms with Gasteiger partial charge in [0.1, 0.15) is 0 Å². The van der Waals surface area contributed by atoms with Crippen molar-refractivity contribution in [3.8, 4) is 0 Å². The first-order chi connectivity index (χ1) is 11.8. The Bertz CT molecular complexity index is 617. The summed E-state index contributed by atoms with van der Waals surface area (Å²) in [6, 6.07) is 4.78. The van der Waals surface area contributed by atoms with E-state index >= 15 is 0 Å². The number of aryl methyl sites for hydroxylation is 2. The average Bonchev–Trinajstić information content (AvgIpc) is 2.52. The van der Waals surface area contributed by atoms with Gasteiger partial charge in [0.15, 0.2) is 0 Å². The lowest BCUT2D eigenvalue weighted by atomic mass is 9.80. The van der Waals surface area contributed by atoms with Gasteiger partial charge in [-0.05, 0) is 91.2 Å². The summed E-state index contributed by atoms with van der Waals surface area (Å²) < 4.78 is 39.6. The third-order valence-corrected chi connectivity index (χ3v) is 5.94. The molecule has 0 saturated carbocycles. The van der Waals surface area contributed by atoms with Crippen LogP contribution in [0.25, 0.3) is 0 Å². The summed E-state index contributed by atoms with van der Waals surface area (Å²) in [5.74, 6) is 0. The summed E-state index contributed by atoms with van der Waals surface area (Å²) in [6.45, 7) is 10.3. The SMILES string of the molecule is Cc1ccc(CC[C@]2(N(C)C)CCCN(C(C)(C)C)C2)cc1C(F)(F)F. The van der Waals surface area contributed by atoms with E-state index in [1.165, 1.54) is 13.0 Å². The lowest BCUT2D eigenvalue weighted by Crippen LogP contribution is -2.60. The molecule has 1 atom stereocenters. The first-order valence-corrected chi connectivity index (χ1v) is 9.44. The molecule has 0 N–H and O–H groups in total. The van der Waals surface area contributed by atoms with Crippen LogP contribution in [0.15, 0.2) is 18.2 Å². The highest BCUT2D eigenvalue weighted by molar-refractivity contribution is 5.33. The predicted molar refractivity (Wildman–Crippen MR) is 101 cm³/mol. The highest BCUT2D eigenvalue weighted by Crippen LogP contribution is 2.35. The third-order valence-electron chi connectivity index (χ3n) is 5.94. The van der Waals surface area contributed by atoms with E-state index in [1.807, 2.05) is 6.07 Å². The number of hydrogen-bond donors (Lipinski definition) is 0. The van der Waals surface area contributed by atoms with Crippen LogP contribution in [0.1, 0.15) is 56.7 Å². The second-order valence-electron chi connectivity index (χ2n) is 8.96. The largest absolute Gasteiger partial charge is 0.416 e. The first-order valence-electron chi connectivity index (χ1n) is 9.44. The van der Waals surface area contributed by atoms with Gasteiger partial charge in [-0.15, -0.1) is 0 Å². The van der Waals surface area contributed by atoms with Crippen LogP contribution in [0.5, 0.6) is 0 Å². The molecule has 1 saturated heterocycles. The number of benzene rings is 1. The first kappa shape index (κ1) is 21.2. The van der Waals surface area contributed by atoms with Gasteiger partial charge in [-0.2, -0.15) is 13.2 Å². The molecule has 0 aliphatic carbocycles. The number of hydrogen-bond acceptors (Lipinski definition) is 2. The second kappa shape index (κ2) is 7.51. The maximum Gasteiger partial charge on any atom is 0.416 e. The van der Waals surface area contributed by atoms with Crippen molar-refractivity contribution in [2.45, 2.75) is 70.6 Å². The van der Waals surface area contributed by atoms with Gasteiger partial charge in [-0.3, -0.25) is 4.90 Å². The van der Waals surface area contributed by atoms with Crippen LogP contribution in [0.3, 0.4) is 0 Å². The summed E-state index contributed by atoms with van der Waals surface area (Å²) in [5.41, 5.74) is 0.676. The van der Waals surface area contributed by atoms with Crippen LogP contribution in [0.4, 0.5) is 13.2 Å². The minimum absolute atomic E-state index is 0.00874. The fraction of sp³-hybridized carbons (Fsp3) is 0.714. The number of likely N-dealkylation sites (N-methyl/N-ethyl adjacent to an activating group) is 1. The number of nitrogens with zero attached hydrogens (tertiary/aromatic N) is 2. The molecule has 0 radical (unpaired) electrons. The molecule has 2 nitrogen and oxygen atoms in total. The van der Waals surface area contributed by atoms with Crippen molar-refractivity contribution in [3.63, 3.8) is 0 Å². The van der Waals surface area contributed by atoms with Gasteiger partial charge in [0.25, 0.3) is 0 Å². The molecule has 5 heteroatoms. The minimum Gasteiger partial charge on any atom is -0.302 e. The van der Waals surface area contributed by atoms with E-state index in [4.69, 9.17) is 0 Å². The second-order valence-corrected chi connectivity index (χ2v) is 8.96. The number of rotatable bonds is 4. The lowest BCUT2D eigenvalue weighted by molar-refractivity contribution is -0.138. The Morgan fingerprint density at radius 2 is 1.81 bits per heavy atom. The van der Waals surface area contributed by atoms with Crippen LogP contribution >= 0.6 is 0 Å². The molecule has 148 valence electrons. The minimum atomic E-state index is -4.28. The summed E-state index contributed by atoms with van der Waals surface area (Å²) in [4.78, 5) is 4.79. The highest BCUT2D eigenvalue weighted by Gasteiger charge is 2.40. The number of alkyl halides is 3. The molecule has 1 aliphatic rings. The Balaban J connectivity index is 2.19. The summed E-state index contributed by atoms with van der Waals surface area (Å²) in [7, 11) is 4.20. The van der Waals surface area contributed by atoms with Crippen LogP contribution in [0, 0.1) is 6.92 Å². The van der Waals surface area contributed by atoms with Crippen molar-refractivity contribution in [2.75, 3.05) is 27.2 Å². The van der Waals surface area contributed by atoms with Gasteiger partial charge < -0.3 is 4.90 Å². The number of halogens is 3. The maximum atomic E-state index is 13.2. The van der Waals surface area contributed by atoms with Gasteiger partial charge in [0, 0.05) is 17.6 Å². The number of piperidine rings is 1. The molecular weight excluding hydrogens is 337 g/mol. The normalized spacial score (nSPS) is 22.8. The average molecular weight is 371 g/mol. The highest BCUT2D eigenvalue weighted by atomic mass is 19.4. The van der Waals surface area contributed by atoms with Gasteiger partial charge in [0.2, 0.25) is 0 Å². The zero-order valence-corrected chi connectivity index (χ0v) is 17.0.